The molecule has 1 fully saturated rings. The van der Waals surface area contributed by atoms with Crippen molar-refractivity contribution in [3.8, 4) is 0 Å². The molecular weight excluding hydrogens is 242 g/mol. The molecule has 2 heteroatoms. The van der Waals surface area contributed by atoms with Crippen LogP contribution >= 0.6 is 11.6 Å². The first-order valence-electron chi connectivity index (χ1n) is 7.25. The highest BCUT2D eigenvalue weighted by atomic mass is 35.5. The summed E-state index contributed by atoms with van der Waals surface area (Å²) in [4.78, 5) is 0. The maximum Gasteiger partial charge on any atom is 0.0453 e. The largest absolute Gasteiger partial charge is 0.310 e. The highest BCUT2D eigenvalue weighted by Crippen LogP contribution is 2.26. The van der Waals surface area contributed by atoms with E-state index in [0.717, 1.165) is 17.5 Å². The fraction of sp³-hybridized carbons (Fsp3) is 0.625. The second-order valence-corrected chi connectivity index (χ2v) is 5.90. The lowest BCUT2D eigenvalue weighted by Crippen LogP contribution is -2.22. The molecule has 0 bridgehead atoms. The Morgan fingerprint density at radius 3 is 2.67 bits per heavy atom. The van der Waals surface area contributed by atoms with E-state index in [-0.39, 0.29) is 0 Å². The molecule has 0 radical (unpaired) electrons. The summed E-state index contributed by atoms with van der Waals surface area (Å²) in [5.74, 6) is 0.949. The lowest BCUT2D eigenvalue weighted by Gasteiger charge is -2.23. The van der Waals surface area contributed by atoms with Gasteiger partial charge in [-0.3, -0.25) is 0 Å². The van der Waals surface area contributed by atoms with Crippen molar-refractivity contribution in [2.24, 2.45) is 5.92 Å². The van der Waals surface area contributed by atoms with E-state index < -0.39 is 0 Å². The molecule has 1 nitrogen and oxygen atoms in total. The fourth-order valence-electron chi connectivity index (χ4n) is 2.92. The molecule has 0 spiro atoms. The summed E-state index contributed by atoms with van der Waals surface area (Å²) in [5.41, 5.74) is 1.21. The van der Waals surface area contributed by atoms with Crippen molar-refractivity contribution in [2.45, 2.75) is 51.5 Å². The number of hydrogen-bond acceptors (Lipinski definition) is 1. The zero-order valence-corrected chi connectivity index (χ0v) is 12.0. The minimum Gasteiger partial charge on any atom is -0.310 e. The Hall–Kier alpha value is -0.530. The number of benzene rings is 1. The van der Waals surface area contributed by atoms with Crippen LogP contribution in [0.4, 0.5) is 0 Å². The summed E-state index contributed by atoms with van der Waals surface area (Å²) in [6.07, 6.45) is 8.49. The molecule has 1 N–H and O–H groups in total. The monoisotopic (exact) mass is 265 g/mol. The Bertz CT molecular complexity index is 358. The van der Waals surface area contributed by atoms with Crippen molar-refractivity contribution >= 4 is 11.6 Å². The van der Waals surface area contributed by atoms with E-state index in [4.69, 9.17) is 11.6 Å². The SMILES string of the molecule is C[C@H](NCCC1CCCCC1)c1ccccc1Cl. The van der Waals surface area contributed by atoms with E-state index in [2.05, 4.69) is 24.4 Å². The molecule has 100 valence electrons. The fourth-order valence-corrected chi connectivity index (χ4v) is 3.22. The molecule has 0 heterocycles. The molecule has 1 aromatic rings. The molecule has 1 aliphatic carbocycles. The van der Waals surface area contributed by atoms with Crippen LogP contribution in [0.3, 0.4) is 0 Å². The predicted octanol–water partition coefficient (Wildman–Crippen LogP) is 4.96. The molecule has 18 heavy (non-hydrogen) atoms. The van der Waals surface area contributed by atoms with E-state index in [1.807, 2.05) is 12.1 Å². The summed E-state index contributed by atoms with van der Waals surface area (Å²) >= 11 is 6.21. The van der Waals surface area contributed by atoms with Crippen LogP contribution in [0.2, 0.25) is 5.02 Å². The van der Waals surface area contributed by atoms with Gasteiger partial charge in [0, 0.05) is 11.1 Å². The van der Waals surface area contributed by atoms with Gasteiger partial charge in [-0.05, 0) is 37.4 Å². The maximum absolute atomic E-state index is 6.21. The van der Waals surface area contributed by atoms with Crippen LogP contribution in [0.25, 0.3) is 0 Å². The normalized spacial score (nSPS) is 18.8. The van der Waals surface area contributed by atoms with Crippen LogP contribution in [0.1, 0.15) is 57.1 Å². The van der Waals surface area contributed by atoms with Crippen molar-refractivity contribution in [1.82, 2.24) is 5.32 Å². The Labute approximate surface area is 116 Å². The highest BCUT2D eigenvalue weighted by Gasteiger charge is 2.14. The Kier molecular flexibility index (Phi) is 5.52. The van der Waals surface area contributed by atoms with Crippen LogP contribution in [0.15, 0.2) is 24.3 Å². The standard InChI is InChI=1S/C16H24ClN/c1-13(15-9-5-6-10-16(15)17)18-12-11-14-7-3-2-4-8-14/h5-6,9-10,13-14,18H,2-4,7-8,11-12H2,1H3/t13-/m0/s1. The molecule has 1 saturated carbocycles. The van der Waals surface area contributed by atoms with E-state index in [0.29, 0.717) is 6.04 Å². The van der Waals surface area contributed by atoms with Gasteiger partial charge in [-0.2, -0.15) is 0 Å². The van der Waals surface area contributed by atoms with Crippen LogP contribution in [0, 0.1) is 5.92 Å². The third-order valence-electron chi connectivity index (χ3n) is 4.10. The van der Waals surface area contributed by atoms with Gasteiger partial charge in [0.1, 0.15) is 0 Å². The predicted molar refractivity (Wildman–Crippen MR) is 79.1 cm³/mol. The van der Waals surface area contributed by atoms with E-state index in [1.54, 1.807) is 0 Å². The first kappa shape index (κ1) is 13.9. The number of halogens is 1. The van der Waals surface area contributed by atoms with Crippen molar-refractivity contribution < 1.29 is 0 Å². The third-order valence-corrected chi connectivity index (χ3v) is 4.44. The average molecular weight is 266 g/mol. The van der Waals surface area contributed by atoms with Crippen molar-refractivity contribution in [2.75, 3.05) is 6.54 Å². The molecule has 0 unspecified atom stereocenters. The van der Waals surface area contributed by atoms with E-state index in [1.165, 1.54) is 44.1 Å². The van der Waals surface area contributed by atoms with Crippen LogP contribution in [0.5, 0.6) is 0 Å². The van der Waals surface area contributed by atoms with Crippen LogP contribution < -0.4 is 5.32 Å². The van der Waals surface area contributed by atoms with Gasteiger partial charge in [0.2, 0.25) is 0 Å². The summed E-state index contributed by atoms with van der Waals surface area (Å²) in [5, 5.41) is 4.47. The van der Waals surface area contributed by atoms with Gasteiger partial charge in [0.15, 0.2) is 0 Å². The second-order valence-electron chi connectivity index (χ2n) is 5.49. The van der Waals surface area contributed by atoms with Crippen molar-refractivity contribution in [1.29, 1.82) is 0 Å². The third kappa shape index (κ3) is 4.00. The van der Waals surface area contributed by atoms with Gasteiger partial charge < -0.3 is 5.32 Å². The van der Waals surface area contributed by atoms with Gasteiger partial charge in [0.05, 0.1) is 0 Å². The number of rotatable bonds is 5. The Balaban J connectivity index is 1.74. The van der Waals surface area contributed by atoms with E-state index in [9.17, 15) is 0 Å². The van der Waals surface area contributed by atoms with Crippen LogP contribution in [-0.2, 0) is 0 Å². The van der Waals surface area contributed by atoms with Gasteiger partial charge >= 0.3 is 0 Å². The van der Waals surface area contributed by atoms with Crippen molar-refractivity contribution in [3.63, 3.8) is 0 Å². The summed E-state index contributed by atoms with van der Waals surface area (Å²) < 4.78 is 0. The minimum absolute atomic E-state index is 0.349. The topological polar surface area (TPSA) is 12.0 Å². The molecular formula is C16H24ClN. The molecule has 0 aromatic heterocycles. The Morgan fingerprint density at radius 1 is 1.22 bits per heavy atom. The summed E-state index contributed by atoms with van der Waals surface area (Å²) in [6, 6.07) is 8.47. The minimum atomic E-state index is 0.349. The zero-order chi connectivity index (χ0) is 12.8. The first-order chi connectivity index (χ1) is 8.77. The lowest BCUT2D eigenvalue weighted by molar-refractivity contribution is 0.329. The molecule has 1 atom stereocenters. The molecule has 1 aliphatic rings. The molecule has 1 aromatic carbocycles. The average Bonchev–Trinajstić information content (AvgIpc) is 2.40. The van der Waals surface area contributed by atoms with Gasteiger partial charge in [-0.25, -0.2) is 0 Å². The van der Waals surface area contributed by atoms with Crippen molar-refractivity contribution in [3.05, 3.63) is 34.9 Å². The number of hydrogen-bond donors (Lipinski definition) is 1. The van der Waals surface area contributed by atoms with Gasteiger partial charge in [-0.15, -0.1) is 0 Å². The second kappa shape index (κ2) is 7.16. The quantitative estimate of drug-likeness (QED) is 0.793. The van der Waals surface area contributed by atoms with Gasteiger partial charge in [0.25, 0.3) is 0 Å². The zero-order valence-electron chi connectivity index (χ0n) is 11.3. The van der Waals surface area contributed by atoms with Gasteiger partial charge in [-0.1, -0.05) is 61.9 Å². The van der Waals surface area contributed by atoms with E-state index >= 15 is 0 Å². The maximum atomic E-state index is 6.21. The first-order valence-corrected chi connectivity index (χ1v) is 7.63. The molecule has 0 aliphatic heterocycles. The summed E-state index contributed by atoms with van der Waals surface area (Å²) in [7, 11) is 0. The van der Waals surface area contributed by atoms with Crippen LogP contribution in [-0.4, -0.2) is 6.54 Å². The molecule has 0 saturated heterocycles. The lowest BCUT2D eigenvalue weighted by atomic mass is 9.87. The summed E-state index contributed by atoms with van der Waals surface area (Å²) in [6.45, 7) is 3.30. The highest BCUT2D eigenvalue weighted by molar-refractivity contribution is 6.31. The number of nitrogens with one attached hydrogen (secondary N) is 1. The molecule has 0 amide bonds. The Morgan fingerprint density at radius 2 is 1.94 bits per heavy atom. The molecule has 2 rings (SSSR count). The smallest absolute Gasteiger partial charge is 0.0453 e.